The molecule has 19 heavy (non-hydrogen) atoms. The van der Waals surface area contributed by atoms with Crippen molar-refractivity contribution in [3.05, 3.63) is 54.1 Å². The number of carbonyl (C=O) groups excluding carboxylic acids is 1. The lowest BCUT2D eigenvalue weighted by Gasteiger charge is -2.08. The fraction of sp³-hybridized carbons (Fsp3) is 0.188. The Morgan fingerprint density at radius 1 is 1.11 bits per heavy atom. The molecule has 0 aliphatic carbocycles. The number of hydrogen-bond donors (Lipinski definition) is 0. The number of carbonyl (C=O) groups is 1. The smallest absolute Gasteiger partial charge is 0.163 e. The van der Waals surface area contributed by atoms with Crippen molar-refractivity contribution >= 4 is 17.5 Å². The van der Waals surface area contributed by atoms with Crippen molar-refractivity contribution in [2.24, 2.45) is 0 Å². The molecule has 0 aromatic heterocycles. The van der Waals surface area contributed by atoms with Crippen LogP contribution in [0.5, 0.6) is 5.75 Å². The quantitative estimate of drug-likeness (QED) is 0.753. The number of ether oxygens (including phenoxy) is 1. The van der Waals surface area contributed by atoms with Crippen LogP contribution in [-0.2, 0) is 0 Å². The molecule has 0 heterocycles. The molecule has 0 aliphatic rings. The molecule has 0 radical (unpaired) electrons. The van der Waals surface area contributed by atoms with Crippen LogP contribution in [0, 0.1) is 0 Å². The second kappa shape index (κ2) is 6.43. The summed E-state index contributed by atoms with van der Waals surface area (Å²) in [6, 6.07) is 15.6. The highest BCUT2D eigenvalue weighted by Gasteiger charge is 2.09. The molecule has 98 valence electrons. The first-order chi connectivity index (χ1) is 9.24. The largest absolute Gasteiger partial charge is 0.497 e. The maximum atomic E-state index is 11.9. The molecule has 2 nitrogen and oxygen atoms in total. The van der Waals surface area contributed by atoms with Crippen LogP contribution < -0.4 is 4.74 Å². The van der Waals surface area contributed by atoms with E-state index in [4.69, 9.17) is 4.74 Å². The summed E-state index contributed by atoms with van der Waals surface area (Å²) in [6.07, 6.45) is 0.528. The van der Waals surface area contributed by atoms with Crippen LogP contribution in [0.1, 0.15) is 23.7 Å². The first-order valence-electron chi connectivity index (χ1n) is 6.18. The Hall–Kier alpha value is -1.74. The third-order valence-electron chi connectivity index (χ3n) is 2.80. The normalized spacial score (nSPS) is 10.2. The van der Waals surface area contributed by atoms with Crippen molar-refractivity contribution in [1.29, 1.82) is 0 Å². The molecule has 2 aromatic carbocycles. The molecular weight excluding hydrogens is 256 g/mol. The van der Waals surface area contributed by atoms with Crippen LogP contribution in [0.3, 0.4) is 0 Å². The minimum absolute atomic E-state index is 0.177. The minimum Gasteiger partial charge on any atom is -0.497 e. The van der Waals surface area contributed by atoms with E-state index in [-0.39, 0.29) is 5.78 Å². The summed E-state index contributed by atoms with van der Waals surface area (Å²) in [5.74, 6) is 1.01. The highest BCUT2D eigenvalue weighted by Crippen LogP contribution is 2.31. The fourth-order valence-electron chi connectivity index (χ4n) is 1.75. The highest BCUT2D eigenvalue weighted by atomic mass is 32.2. The molecular formula is C16H16O2S. The molecule has 0 N–H and O–H groups in total. The zero-order valence-corrected chi connectivity index (χ0v) is 11.9. The van der Waals surface area contributed by atoms with Gasteiger partial charge in [-0.3, -0.25) is 4.79 Å². The average molecular weight is 272 g/mol. The third-order valence-corrected chi connectivity index (χ3v) is 3.88. The second-order valence-electron chi connectivity index (χ2n) is 4.05. The van der Waals surface area contributed by atoms with Crippen molar-refractivity contribution in [3.8, 4) is 5.75 Å². The topological polar surface area (TPSA) is 26.3 Å². The zero-order valence-electron chi connectivity index (χ0n) is 11.1. The molecule has 0 spiro atoms. The summed E-state index contributed by atoms with van der Waals surface area (Å²) in [4.78, 5) is 14.0. The van der Waals surface area contributed by atoms with Gasteiger partial charge in [-0.05, 0) is 30.3 Å². The molecule has 0 saturated carbocycles. The van der Waals surface area contributed by atoms with E-state index in [0.717, 1.165) is 21.1 Å². The SMILES string of the molecule is CCC(=O)c1ccccc1Sc1ccc(OC)cc1. The van der Waals surface area contributed by atoms with Crippen molar-refractivity contribution in [2.75, 3.05) is 7.11 Å². The van der Waals surface area contributed by atoms with E-state index in [1.807, 2.05) is 55.5 Å². The van der Waals surface area contributed by atoms with Crippen LogP contribution >= 0.6 is 11.8 Å². The van der Waals surface area contributed by atoms with Crippen molar-refractivity contribution in [2.45, 2.75) is 23.1 Å². The molecule has 2 rings (SSSR count). The number of rotatable bonds is 5. The van der Waals surface area contributed by atoms with E-state index in [1.165, 1.54) is 0 Å². The zero-order chi connectivity index (χ0) is 13.7. The van der Waals surface area contributed by atoms with Gasteiger partial charge >= 0.3 is 0 Å². The Kier molecular flexibility index (Phi) is 4.63. The lowest BCUT2D eigenvalue weighted by molar-refractivity contribution is 0.0985. The minimum atomic E-state index is 0.177. The van der Waals surface area contributed by atoms with Gasteiger partial charge in [0.25, 0.3) is 0 Å². The number of ketones is 1. The van der Waals surface area contributed by atoms with Gasteiger partial charge in [0.15, 0.2) is 5.78 Å². The molecule has 0 fully saturated rings. The van der Waals surface area contributed by atoms with E-state index in [9.17, 15) is 4.79 Å². The Labute approximate surface area is 117 Å². The average Bonchev–Trinajstić information content (AvgIpc) is 2.48. The van der Waals surface area contributed by atoms with Gasteiger partial charge in [-0.25, -0.2) is 0 Å². The molecule has 2 aromatic rings. The molecule has 3 heteroatoms. The highest BCUT2D eigenvalue weighted by molar-refractivity contribution is 7.99. The Morgan fingerprint density at radius 3 is 2.42 bits per heavy atom. The summed E-state index contributed by atoms with van der Waals surface area (Å²) in [5.41, 5.74) is 0.797. The summed E-state index contributed by atoms with van der Waals surface area (Å²) in [5, 5.41) is 0. The standard InChI is InChI=1S/C16H16O2S/c1-3-15(17)14-6-4-5-7-16(14)19-13-10-8-12(18-2)9-11-13/h4-11H,3H2,1-2H3. The third kappa shape index (κ3) is 3.38. The van der Waals surface area contributed by atoms with Crippen molar-refractivity contribution in [1.82, 2.24) is 0 Å². The molecule has 0 bridgehead atoms. The fourth-order valence-corrected chi connectivity index (χ4v) is 2.71. The number of Topliss-reactive ketones (excluding diaryl/α,β-unsaturated/α-hetero) is 1. The Morgan fingerprint density at radius 2 is 1.79 bits per heavy atom. The molecule has 0 unspecified atom stereocenters. The first-order valence-corrected chi connectivity index (χ1v) is 7.00. The van der Waals surface area contributed by atoms with Crippen molar-refractivity contribution in [3.63, 3.8) is 0 Å². The lowest BCUT2D eigenvalue weighted by Crippen LogP contribution is -1.98. The summed E-state index contributed by atoms with van der Waals surface area (Å²) >= 11 is 1.60. The predicted molar refractivity (Wildman–Crippen MR) is 78.2 cm³/mol. The summed E-state index contributed by atoms with van der Waals surface area (Å²) in [6.45, 7) is 1.89. The second-order valence-corrected chi connectivity index (χ2v) is 5.17. The molecule has 0 aliphatic heterocycles. The first kappa shape index (κ1) is 13.7. The van der Waals surface area contributed by atoms with E-state index in [2.05, 4.69) is 0 Å². The van der Waals surface area contributed by atoms with Gasteiger partial charge in [0.1, 0.15) is 5.75 Å². The number of methoxy groups -OCH3 is 1. The van der Waals surface area contributed by atoms with E-state index in [0.29, 0.717) is 6.42 Å². The Bertz CT molecular complexity index is 561. The van der Waals surface area contributed by atoms with Crippen LogP contribution in [0.4, 0.5) is 0 Å². The van der Waals surface area contributed by atoms with Gasteiger partial charge in [-0.2, -0.15) is 0 Å². The molecule has 0 amide bonds. The summed E-state index contributed by atoms with van der Waals surface area (Å²) < 4.78 is 5.14. The predicted octanol–water partition coefficient (Wildman–Crippen LogP) is 4.44. The van der Waals surface area contributed by atoms with Crippen LogP contribution in [0.25, 0.3) is 0 Å². The van der Waals surface area contributed by atoms with E-state index >= 15 is 0 Å². The monoisotopic (exact) mass is 272 g/mol. The van der Waals surface area contributed by atoms with Crippen LogP contribution in [0.15, 0.2) is 58.3 Å². The van der Waals surface area contributed by atoms with Crippen LogP contribution in [-0.4, -0.2) is 12.9 Å². The number of benzene rings is 2. The molecule has 0 atom stereocenters. The molecule has 0 saturated heterocycles. The van der Waals surface area contributed by atoms with Crippen molar-refractivity contribution < 1.29 is 9.53 Å². The van der Waals surface area contributed by atoms with Gasteiger partial charge in [-0.15, -0.1) is 0 Å². The van der Waals surface area contributed by atoms with Gasteiger partial charge in [0, 0.05) is 21.8 Å². The van der Waals surface area contributed by atoms with Gasteiger partial charge in [0.2, 0.25) is 0 Å². The van der Waals surface area contributed by atoms with E-state index < -0.39 is 0 Å². The van der Waals surface area contributed by atoms with Gasteiger partial charge in [0.05, 0.1) is 7.11 Å². The lowest BCUT2D eigenvalue weighted by atomic mass is 10.1. The maximum Gasteiger partial charge on any atom is 0.163 e. The summed E-state index contributed by atoms with van der Waals surface area (Å²) in [7, 11) is 1.65. The van der Waals surface area contributed by atoms with Crippen LogP contribution in [0.2, 0.25) is 0 Å². The number of hydrogen-bond acceptors (Lipinski definition) is 3. The van der Waals surface area contributed by atoms with Gasteiger partial charge < -0.3 is 4.74 Å². The Balaban J connectivity index is 2.25. The maximum absolute atomic E-state index is 11.9. The van der Waals surface area contributed by atoms with Gasteiger partial charge in [-0.1, -0.05) is 36.9 Å². The van der Waals surface area contributed by atoms with E-state index in [1.54, 1.807) is 18.9 Å².